The molecule has 0 fully saturated rings. The predicted octanol–water partition coefficient (Wildman–Crippen LogP) is 5.67. The van der Waals surface area contributed by atoms with Crippen LogP contribution in [0.1, 0.15) is 38.8 Å². The second-order valence-corrected chi connectivity index (χ2v) is 10.5. The van der Waals surface area contributed by atoms with Crippen molar-refractivity contribution in [1.29, 1.82) is 0 Å². The van der Waals surface area contributed by atoms with Crippen LogP contribution in [0, 0.1) is 0 Å². The number of nitrogens with zero attached hydrogens (tertiary/aromatic N) is 1. The Morgan fingerprint density at radius 2 is 1.80 bits per heavy atom. The molecular formula is C23H28BrClN2O2S. The molecule has 7 heteroatoms. The molecule has 0 saturated carbocycles. The topological polar surface area (TPSA) is 49.4 Å². The fourth-order valence-electron chi connectivity index (χ4n) is 2.81. The van der Waals surface area contributed by atoms with Gasteiger partial charge in [-0.25, -0.2) is 0 Å². The Morgan fingerprint density at radius 1 is 1.13 bits per heavy atom. The number of hydrogen-bond acceptors (Lipinski definition) is 3. The van der Waals surface area contributed by atoms with Crippen LogP contribution in [0.5, 0.6) is 0 Å². The van der Waals surface area contributed by atoms with E-state index in [1.54, 1.807) is 11.8 Å². The maximum Gasteiger partial charge on any atom is 0.242 e. The largest absolute Gasteiger partial charge is 0.350 e. The van der Waals surface area contributed by atoms with E-state index in [4.69, 9.17) is 11.6 Å². The summed E-state index contributed by atoms with van der Waals surface area (Å²) in [5.41, 5.74) is 1.68. The highest BCUT2D eigenvalue weighted by molar-refractivity contribution is 9.10. The molecule has 2 rings (SSSR count). The Morgan fingerprint density at radius 3 is 2.40 bits per heavy atom. The van der Waals surface area contributed by atoms with E-state index in [1.165, 1.54) is 11.8 Å². The Kier molecular flexibility index (Phi) is 9.26. The zero-order valence-corrected chi connectivity index (χ0v) is 20.9. The lowest BCUT2D eigenvalue weighted by Gasteiger charge is -2.31. The fraction of sp³-hybridized carbons (Fsp3) is 0.391. The van der Waals surface area contributed by atoms with Crippen molar-refractivity contribution in [2.45, 2.75) is 51.6 Å². The molecule has 0 spiro atoms. The van der Waals surface area contributed by atoms with Gasteiger partial charge in [-0.15, -0.1) is 11.8 Å². The molecule has 0 aliphatic heterocycles. The molecule has 162 valence electrons. The van der Waals surface area contributed by atoms with E-state index in [1.807, 2.05) is 69.3 Å². The summed E-state index contributed by atoms with van der Waals surface area (Å²) in [6.07, 6.45) is 0. The van der Waals surface area contributed by atoms with Crippen LogP contribution in [0.15, 0.2) is 53.0 Å². The summed E-state index contributed by atoms with van der Waals surface area (Å²) in [6.45, 7) is 7.94. The van der Waals surface area contributed by atoms with Crippen molar-refractivity contribution in [3.8, 4) is 0 Å². The van der Waals surface area contributed by atoms with Crippen LogP contribution in [-0.4, -0.2) is 34.0 Å². The zero-order valence-electron chi connectivity index (χ0n) is 17.7. The molecule has 30 heavy (non-hydrogen) atoms. The molecule has 2 amide bonds. The quantitative estimate of drug-likeness (QED) is 0.497. The molecular weight excluding hydrogens is 484 g/mol. The van der Waals surface area contributed by atoms with Gasteiger partial charge in [-0.3, -0.25) is 9.59 Å². The van der Waals surface area contributed by atoms with Gasteiger partial charge in [0.05, 0.1) is 5.75 Å². The normalized spacial score (nSPS) is 12.3. The van der Waals surface area contributed by atoms with E-state index >= 15 is 0 Å². The summed E-state index contributed by atoms with van der Waals surface area (Å²) < 4.78 is 0.972. The van der Waals surface area contributed by atoms with Crippen LogP contribution in [0.2, 0.25) is 5.02 Å². The maximum atomic E-state index is 13.1. The number of nitrogens with one attached hydrogen (secondary N) is 1. The monoisotopic (exact) mass is 510 g/mol. The van der Waals surface area contributed by atoms with Gasteiger partial charge in [-0.05, 0) is 63.1 Å². The number of rotatable bonds is 8. The highest BCUT2D eigenvalue weighted by atomic mass is 79.9. The van der Waals surface area contributed by atoms with E-state index in [0.29, 0.717) is 17.3 Å². The van der Waals surface area contributed by atoms with Gasteiger partial charge in [0.25, 0.3) is 0 Å². The molecule has 0 aliphatic rings. The molecule has 2 aromatic carbocycles. The molecule has 4 nitrogen and oxygen atoms in total. The first kappa shape index (κ1) is 24.8. The third kappa shape index (κ3) is 8.32. The van der Waals surface area contributed by atoms with Crippen molar-refractivity contribution < 1.29 is 9.59 Å². The molecule has 2 aromatic rings. The molecule has 0 aliphatic carbocycles. The fourth-order valence-corrected chi connectivity index (χ4v) is 4.14. The molecule has 1 atom stereocenters. The number of hydrogen-bond donors (Lipinski definition) is 1. The van der Waals surface area contributed by atoms with Gasteiger partial charge >= 0.3 is 0 Å². The summed E-state index contributed by atoms with van der Waals surface area (Å²) in [5, 5.41) is 3.66. The molecule has 0 saturated heterocycles. The highest BCUT2D eigenvalue weighted by Gasteiger charge is 2.28. The van der Waals surface area contributed by atoms with E-state index in [-0.39, 0.29) is 23.1 Å². The van der Waals surface area contributed by atoms with Crippen LogP contribution >= 0.6 is 39.3 Å². The standard InChI is InChI=1S/C23H28BrClN2O2S/c1-16(22(29)26-23(2,3)4)27(13-17-8-10-19(24)11-9-17)21(28)15-30-14-18-6-5-7-20(25)12-18/h5-12,16H,13-15H2,1-4H3,(H,26,29)/t16-/m0/s1. The van der Waals surface area contributed by atoms with E-state index < -0.39 is 6.04 Å². The Balaban J connectivity index is 2.09. The summed E-state index contributed by atoms with van der Waals surface area (Å²) in [6, 6.07) is 14.8. The molecule has 0 aromatic heterocycles. The van der Waals surface area contributed by atoms with Gasteiger partial charge in [0, 0.05) is 27.3 Å². The van der Waals surface area contributed by atoms with Gasteiger partial charge in [-0.2, -0.15) is 0 Å². The van der Waals surface area contributed by atoms with E-state index in [0.717, 1.165) is 15.6 Å². The SMILES string of the molecule is C[C@@H](C(=O)NC(C)(C)C)N(Cc1ccc(Br)cc1)C(=O)CSCc1cccc(Cl)c1. The number of amides is 2. The number of benzene rings is 2. The van der Waals surface area contributed by atoms with Crippen molar-refractivity contribution in [3.05, 3.63) is 69.2 Å². The second kappa shape index (κ2) is 11.2. The minimum Gasteiger partial charge on any atom is -0.350 e. The molecule has 0 bridgehead atoms. The third-order valence-corrected chi connectivity index (χ3v) is 6.07. The predicted molar refractivity (Wildman–Crippen MR) is 130 cm³/mol. The van der Waals surface area contributed by atoms with Gasteiger partial charge < -0.3 is 10.2 Å². The van der Waals surface area contributed by atoms with Crippen LogP contribution in [0.25, 0.3) is 0 Å². The molecule has 0 radical (unpaired) electrons. The summed E-state index contributed by atoms with van der Waals surface area (Å²) >= 11 is 11.0. The van der Waals surface area contributed by atoms with Gasteiger partial charge in [0.2, 0.25) is 11.8 Å². The lowest BCUT2D eigenvalue weighted by Crippen LogP contribution is -2.52. The first-order chi connectivity index (χ1) is 14.0. The van der Waals surface area contributed by atoms with Gasteiger partial charge in [0.15, 0.2) is 0 Å². The Labute approximate surface area is 196 Å². The Bertz CT molecular complexity index is 868. The summed E-state index contributed by atoms with van der Waals surface area (Å²) in [7, 11) is 0. The third-order valence-electron chi connectivity index (χ3n) is 4.31. The van der Waals surface area contributed by atoms with Crippen molar-refractivity contribution in [2.24, 2.45) is 0 Å². The van der Waals surface area contributed by atoms with Crippen LogP contribution in [0.3, 0.4) is 0 Å². The van der Waals surface area contributed by atoms with Gasteiger partial charge in [0.1, 0.15) is 6.04 Å². The van der Waals surface area contributed by atoms with Crippen LogP contribution < -0.4 is 5.32 Å². The van der Waals surface area contributed by atoms with E-state index in [9.17, 15) is 9.59 Å². The number of thioether (sulfide) groups is 1. The first-order valence-electron chi connectivity index (χ1n) is 9.73. The number of carbonyl (C=O) groups excluding carboxylic acids is 2. The van der Waals surface area contributed by atoms with Gasteiger partial charge in [-0.1, -0.05) is 51.8 Å². The van der Waals surface area contributed by atoms with Crippen molar-refractivity contribution in [3.63, 3.8) is 0 Å². The summed E-state index contributed by atoms with van der Waals surface area (Å²) in [5.74, 6) is 0.742. The molecule has 0 heterocycles. The lowest BCUT2D eigenvalue weighted by atomic mass is 10.1. The van der Waals surface area contributed by atoms with Crippen LogP contribution in [0.4, 0.5) is 0 Å². The maximum absolute atomic E-state index is 13.1. The average Bonchev–Trinajstić information content (AvgIpc) is 2.65. The summed E-state index contributed by atoms with van der Waals surface area (Å²) in [4.78, 5) is 27.5. The minimum atomic E-state index is -0.577. The van der Waals surface area contributed by atoms with Crippen molar-refractivity contribution in [2.75, 3.05) is 5.75 Å². The molecule has 1 N–H and O–H groups in total. The van der Waals surface area contributed by atoms with E-state index in [2.05, 4.69) is 21.2 Å². The van der Waals surface area contributed by atoms with Crippen molar-refractivity contribution in [1.82, 2.24) is 10.2 Å². The first-order valence-corrected chi connectivity index (χ1v) is 12.1. The van der Waals surface area contributed by atoms with Crippen molar-refractivity contribution >= 4 is 51.1 Å². The zero-order chi connectivity index (χ0) is 22.3. The smallest absolute Gasteiger partial charge is 0.242 e. The second-order valence-electron chi connectivity index (χ2n) is 8.19. The average molecular weight is 512 g/mol. The van der Waals surface area contributed by atoms with Crippen LogP contribution in [-0.2, 0) is 21.9 Å². The number of carbonyl (C=O) groups is 2. The highest BCUT2D eigenvalue weighted by Crippen LogP contribution is 2.19. The minimum absolute atomic E-state index is 0.0681. The lowest BCUT2D eigenvalue weighted by molar-refractivity contribution is -0.139. The number of halogens is 2. The molecule has 0 unspecified atom stereocenters. The Hall–Kier alpha value is -1.50.